The minimum Gasteiger partial charge on any atom is -0.352 e. The van der Waals surface area contributed by atoms with Crippen molar-refractivity contribution < 1.29 is 4.79 Å². The number of fused-ring (bicyclic) bond motifs is 1. The lowest BCUT2D eigenvalue weighted by Gasteiger charge is -2.06. The zero-order chi connectivity index (χ0) is 14.5. The smallest absolute Gasteiger partial charge is 0.251 e. The summed E-state index contributed by atoms with van der Waals surface area (Å²) in [5.74, 6) is -0.105. The van der Waals surface area contributed by atoms with Crippen molar-refractivity contribution in [1.82, 2.24) is 20.3 Å². The lowest BCUT2D eigenvalue weighted by Crippen LogP contribution is -2.25. The number of carbonyl (C=O) groups is 1. The first-order chi connectivity index (χ1) is 10.3. The molecule has 0 bridgehead atoms. The average molecular weight is 278 g/mol. The fourth-order valence-corrected chi connectivity index (χ4v) is 2.07. The van der Waals surface area contributed by atoms with Crippen molar-refractivity contribution >= 4 is 16.9 Å². The largest absolute Gasteiger partial charge is 0.352 e. The first-order valence-corrected chi connectivity index (χ1v) is 6.71. The van der Waals surface area contributed by atoms with E-state index in [1.54, 1.807) is 43.0 Å². The molecule has 0 fully saturated rings. The molecule has 1 amide bonds. The van der Waals surface area contributed by atoms with Crippen LogP contribution < -0.4 is 5.32 Å². The van der Waals surface area contributed by atoms with Gasteiger partial charge in [0.25, 0.3) is 5.91 Å². The molecule has 0 aliphatic heterocycles. The van der Waals surface area contributed by atoms with Gasteiger partial charge in [0.1, 0.15) is 0 Å². The molecular weight excluding hydrogens is 264 g/mol. The molecule has 5 nitrogen and oxygen atoms in total. The lowest BCUT2D eigenvalue weighted by molar-refractivity contribution is 0.0954. The van der Waals surface area contributed by atoms with E-state index in [-0.39, 0.29) is 5.91 Å². The number of hydrogen-bond donors (Lipinski definition) is 1. The SMILES string of the molecule is O=C(NCCc1cccnc1)c1ccc2nccnc2c1. The van der Waals surface area contributed by atoms with E-state index < -0.39 is 0 Å². The Hall–Kier alpha value is -2.82. The van der Waals surface area contributed by atoms with Crippen LogP contribution in [0, 0.1) is 0 Å². The molecule has 1 N–H and O–H groups in total. The highest BCUT2D eigenvalue weighted by Crippen LogP contribution is 2.10. The van der Waals surface area contributed by atoms with Gasteiger partial charge < -0.3 is 5.32 Å². The monoisotopic (exact) mass is 278 g/mol. The summed E-state index contributed by atoms with van der Waals surface area (Å²) in [6.07, 6.45) is 7.55. The average Bonchev–Trinajstić information content (AvgIpc) is 2.55. The maximum atomic E-state index is 12.1. The van der Waals surface area contributed by atoms with E-state index in [2.05, 4.69) is 20.3 Å². The number of benzene rings is 1. The zero-order valence-electron chi connectivity index (χ0n) is 11.4. The molecule has 2 aromatic heterocycles. The Morgan fingerprint density at radius 1 is 1.05 bits per heavy atom. The van der Waals surface area contributed by atoms with Gasteiger partial charge in [0.15, 0.2) is 0 Å². The summed E-state index contributed by atoms with van der Waals surface area (Å²) in [6.45, 7) is 0.572. The van der Waals surface area contributed by atoms with Gasteiger partial charge in [-0.05, 0) is 36.2 Å². The summed E-state index contributed by atoms with van der Waals surface area (Å²) >= 11 is 0. The standard InChI is InChI=1S/C16H14N4O/c21-16(20-7-5-12-2-1-6-17-11-12)13-3-4-14-15(10-13)19-9-8-18-14/h1-4,6,8-11H,5,7H2,(H,20,21). The fourth-order valence-electron chi connectivity index (χ4n) is 2.07. The van der Waals surface area contributed by atoms with E-state index in [0.29, 0.717) is 12.1 Å². The van der Waals surface area contributed by atoms with Crippen molar-refractivity contribution in [2.75, 3.05) is 6.54 Å². The molecule has 21 heavy (non-hydrogen) atoms. The third-order valence-electron chi connectivity index (χ3n) is 3.15. The van der Waals surface area contributed by atoms with Crippen LogP contribution in [0.15, 0.2) is 55.1 Å². The Balaban J connectivity index is 1.64. The van der Waals surface area contributed by atoms with Gasteiger partial charge in [0.2, 0.25) is 0 Å². The predicted octanol–water partition coefficient (Wildman–Crippen LogP) is 2.00. The number of nitrogens with one attached hydrogen (secondary N) is 1. The highest BCUT2D eigenvalue weighted by atomic mass is 16.1. The fraction of sp³-hybridized carbons (Fsp3) is 0.125. The van der Waals surface area contributed by atoms with Crippen LogP contribution in [0.4, 0.5) is 0 Å². The number of pyridine rings is 1. The van der Waals surface area contributed by atoms with Gasteiger partial charge in [0, 0.05) is 36.9 Å². The van der Waals surface area contributed by atoms with E-state index in [4.69, 9.17) is 0 Å². The molecule has 3 aromatic rings. The van der Waals surface area contributed by atoms with Crippen LogP contribution in [-0.2, 0) is 6.42 Å². The highest BCUT2D eigenvalue weighted by Gasteiger charge is 2.06. The summed E-state index contributed by atoms with van der Waals surface area (Å²) in [5.41, 5.74) is 3.19. The lowest BCUT2D eigenvalue weighted by atomic mass is 10.1. The summed E-state index contributed by atoms with van der Waals surface area (Å²) < 4.78 is 0. The van der Waals surface area contributed by atoms with Gasteiger partial charge in [-0.3, -0.25) is 19.7 Å². The maximum Gasteiger partial charge on any atom is 0.251 e. The number of carbonyl (C=O) groups excluding carboxylic acids is 1. The number of nitrogens with zero attached hydrogens (tertiary/aromatic N) is 3. The van der Waals surface area contributed by atoms with Crippen LogP contribution in [0.25, 0.3) is 11.0 Å². The summed E-state index contributed by atoms with van der Waals surface area (Å²) in [6, 6.07) is 9.19. The number of amides is 1. The van der Waals surface area contributed by atoms with Gasteiger partial charge in [-0.15, -0.1) is 0 Å². The van der Waals surface area contributed by atoms with Crippen molar-refractivity contribution in [3.8, 4) is 0 Å². The third kappa shape index (κ3) is 3.20. The van der Waals surface area contributed by atoms with Gasteiger partial charge in [-0.25, -0.2) is 0 Å². The number of aromatic nitrogens is 3. The Bertz CT molecular complexity index is 758. The molecule has 0 unspecified atom stereocenters. The van der Waals surface area contributed by atoms with Gasteiger partial charge in [-0.1, -0.05) is 6.07 Å². The topological polar surface area (TPSA) is 67.8 Å². The minimum absolute atomic E-state index is 0.105. The molecule has 0 saturated carbocycles. The Morgan fingerprint density at radius 2 is 1.90 bits per heavy atom. The zero-order valence-corrected chi connectivity index (χ0v) is 11.4. The number of rotatable bonds is 4. The van der Waals surface area contributed by atoms with Gasteiger partial charge >= 0.3 is 0 Å². The molecule has 1 aromatic carbocycles. The normalized spacial score (nSPS) is 10.5. The first-order valence-electron chi connectivity index (χ1n) is 6.71. The van der Waals surface area contributed by atoms with Crippen LogP contribution in [0.3, 0.4) is 0 Å². The van der Waals surface area contributed by atoms with E-state index >= 15 is 0 Å². The van der Waals surface area contributed by atoms with E-state index in [1.807, 2.05) is 12.1 Å². The van der Waals surface area contributed by atoms with Crippen LogP contribution >= 0.6 is 0 Å². The first kappa shape index (κ1) is 13.2. The number of hydrogen-bond acceptors (Lipinski definition) is 4. The van der Waals surface area contributed by atoms with Crippen LogP contribution in [0.2, 0.25) is 0 Å². The van der Waals surface area contributed by atoms with Gasteiger partial charge in [-0.2, -0.15) is 0 Å². The molecule has 0 aliphatic carbocycles. The van der Waals surface area contributed by atoms with Crippen molar-refractivity contribution in [3.63, 3.8) is 0 Å². The second-order valence-electron chi connectivity index (χ2n) is 4.63. The Morgan fingerprint density at radius 3 is 2.71 bits per heavy atom. The van der Waals surface area contributed by atoms with Crippen molar-refractivity contribution in [2.24, 2.45) is 0 Å². The van der Waals surface area contributed by atoms with Crippen LogP contribution in [0.5, 0.6) is 0 Å². The molecule has 0 spiro atoms. The van der Waals surface area contributed by atoms with Crippen molar-refractivity contribution in [3.05, 3.63) is 66.2 Å². The molecule has 0 radical (unpaired) electrons. The van der Waals surface area contributed by atoms with Crippen molar-refractivity contribution in [1.29, 1.82) is 0 Å². The second-order valence-corrected chi connectivity index (χ2v) is 4.63. The molecule has 5 heteroatoms. The molecule has 0 atom stereocenters. The van der Waals surface area contributed by atoms with E-state index in [1.165, 1.54) is 0 Å². The molecule has 3 rings (SSSR count). The summed E-state index contributed by atoms with van der Waals surface area (Å²) in [4.78, 5) is 24.5. The van der Waals surface area contributed by atoms with Crippen LogP contribution in [-0.4, -0.2) is 27.4 Å². The van der Waals surface area contributed by atoms with E-state index in [0.717, 1.165) is 23.0 Å². The van der Waals surface area contributed by atoms with Crippen molar-refractivity contribution in [2.45, 2.75) is 6.42 Å². The molecular formula is C16H14N4O. The van der Waals surface area contributed by atoms with Crippen LogP contribution in [0.1, 0.15) is 15.9 Å². The summed E-state index contributed by atoms with van der Waals surface area (Å²) in [5, 5.41) is 2.90. The molecule has 104 valence electrons. The van der Waals surface area contributed by atoms with Gasteiger partial charge in [0.05, 0.1) is 11.0 Å². The molecule has 0 saturated heterocycles. The third-order valence-corrected chi connectivity index (χ3v) is 3.15. The predicted molar refractivity (Wildman–Crippen MR) is 79.8 cm³/mol. The second kappa shape index (κ2) is 6.09. The maximum absolute atomic E-state index is 12.1. The summed E-state index contributed by atoms with van der Waals surface area (Å²) in [7, 11) is 0. The minimum atomic E-state index is -0.105. The quantitative estimate of drug-likeness (QED) is 0.792. The molecule has 2 heterocycles. The Kier molecular flexibility index (Phi) is 3.82. The van der Waals surface area contributed by atoms with E-state index in [9.17, 15) is 4.79 Å². The highest BCUT2D eigenvalue weighted by molar-refractivity contribution is 5.97. The molecule has 0 aliphatic rings. The Labute approximate surface area is 122 Å².